The maximum absolute atomic E-state index is 5.44. The van der Waals surface area contributed by atoms with E-state index in [1.54, 1.807) is 0 Å². The first kappa shape index (κ1) is 12.9. The maximum Gasteiger partial charge on any atom is 0.134 e. The molecule has 2 heterocycles. The normalized spacial score (nSPS) is 20.5. The molecule has 0 atom stereocenters. The van der Waals surface area contributed by atoms with Crippen molar-refractivity contribution in [2.45, 2.75) is 50.9 Å². The standard InChI is InChI=1S/C15H23N3O/c1-2-7-16-14-10-13(11-3-4-11)17-15(18-14)12-5-8-19-9-6-12/h10-12H,2-9H2,1H3,(H,16,17,18). The van der Waals surface area contributed by atoms with Crippen molar-refractivity contribution in [1.82, 2.24) is 9.97 Å². The van der Waals surface area contributed by atoms with Crippen molar-refractivity contribution < 1.29 is 4.74 Å². The minimum Gasteiger partial charge on any atom is -0.381 e. The number of aromatic nitrogens is 2. The van der Waals surface area contributed by atoms with Crippen molar-refractivity contribution in [3.05, 3.63) is 17.6 Å². The van der Waals surface area contributed by atoms with Gasteiger partial charge in [0.2, 0.25) is 0 Å². The average Bonchev–Trinajstić information content (AvgIpc) is 3.30. The van der Waals surface area contributed by atoms with Gasteiger partial charge in [0, 0.05) is 43.4 Å². The van der Waals surface area contributed by atoms with Crippen LogP contribution in [0.4, 0.5) is 5.82 Å². The first-order chi connectivity index (χ1) is 9.36. The van der Waals surface area contributed by atoms with Gasteiger partial charge in [0.15, 0.2) is 0 Å². The number of hydrogen-bond donors (Lipinski definition) is 1. The monoisotopic (exact) mass is 261 g/mol. The van der Waals surface area contributed by atoms with Gasteiger partial charge in [-0.1, -0.05) is 6.92 Å². The van der Waals surface area contributed by atoms with E-state index in [9.17, 15) is 0 Å². The van der Waals surface area contributed by atoms with Crippen LogP contribution in [0.25, 0.3) is 0 Å². The van der Waals surface area contributed by atoms with Gasteiger partial charge >= 0.3 is 0 Å². The molecule has 104 valence electrons. The lowest BCUT2D eigenvalue weighted by Crippen LogP contribution is -2.18. The fraction of sp³-hybridized carbons (Fsp3) is 0.733. The molecule has 0 aromatic carbocycles. The molecule has 1 aliphatic carbocycles. The molecule has 0 bridgehead atoms. The third-order valence-corrected chi connectivity index (χ3v) is 3.90. The Morgan fingerprint density at radius 2 is 1.95 bits per heavy atom. The van der Waals surface area contributed by atoms with E-state index >= 15 is 0 Å². The molecule has 1 N–H and O–H groups in total. The molecule has 2 fully saturated rings. The quantitative estimate of drug-likeness (QED) is 0.885. The Kier molecular flexibility index (Phi) is 3.97. The van der Waals surface area contributed by atoms with Crippen LogP contribution in [-0.4, -0.2) is 29.7 Å². The molecule has 0 spiro atoms. The summed E-state index contributed by atoms with van der Waals surface area (Å²) in [5.41, 5.74) is 1.25. The van der Waals surface area contributed by atoms with Crippen molar-refractivity contribution in [2.75, 3.05) is 25.1 Å². The summed E-state index contributed by atoms with van der Waals surface area (Å²) in [7, 11) is 0. The first-order valence-corrected chi connectivity index (χ1v) is 7.57. The van der Waals surface area contributed by atoms with Gasteiger partial charge in [0.1, 0.15) is 11.6 Å². The number of ether oxygens (including phenoxy) is 1. The molecule has 1 saturated carbocycles. The average molecular weight is 261 g/mol. The third kappa shape index (κ3) is 3.24. The number of rotatable bonds is 5. The van der Waals surface area contributed by atoms with E-state index in [1.165, 1.54) is 18.5 Å². The van der Waals surface area contributed by atoms with Crippen LogP contribution in [0.1, 0.15) is 62.4 Å². The summed E-state index contributed by atoms with van der Waals surface area (Å²) in [6.45, 7) is 4.85. The lowest BCUT2D eigenvalue weighted by atomic mass is 9.99. The van der Waals surface area contributed by atoms with Gasteiger partial charge < -0.3 is 10.1 Å². The van der Waals surface area contributed by atoms with Crippen LogP contribution in [0.2, 0.25) is 0 Å². The summed E-state index contributed by atoms with van der Waals surface area (Å²) in [6.07, 6.45) is 5.81. The molecule has 1 aromatic heterocycles. The summed E-state index contributed by atoms with van der Waals surface area (Å²) in [5.74, 6) is 3.21. The van der Waals surface area contributed by atoms with Crippen LogP contribution >= 0.6 is 0 Å². The molecule has 0 amide bonds. The van der Waals surface area contributed by atoms with E-state index in [-0.39, 0.29) is 0 Å². The first-order valence-electron chi connectivity index (χ1n) is 7.57. The molecular weight excluding hydrogens is 238 g/mol. The molecule has 4 heteroatoms. The van der Waals surface area contributed by atoms with Gasteiger partial charge in [-0.15, -0.1) is 0 Å². The predicted molar refractivity (Wildman–Crippen MR) is 75.6 cm³/mol. The van der Waals surface area contributed by atoms with Crippen LogP contribution in [0.3, 0.4) is 0 Å². The van der Waals surface area contributed by atoms with Crippen LogP contribution in [0.5, 0.6) is 0 Å². The van der Waals surface area contributed by atoms with E-state index in [0.717, 1.165) is 50.7 Å². The third-order valence-electron chi connectivity index (χ3n) is 3.90. The molecule has 3 rings (SSSR count). The zero-order chi connectivity index (χ0) is 13.1. The lowest BCUT2D eigenvalue weighted by molar-refractivity contribution is 0.0835. The molecule has 1 aliphatic heterocycles. The Bertz CT molecular complexity index is 425. The fourth-order valence-electron chi connectivity index (χ4n) is 2.56. The molecule has 2 aliphatic rings. The Morgan fingerprint density at radius 1 is 1.16 bits per heavy atom. The van der Waals surface area contributed by atoms with Crippen LogP contribution in [0, 0.1) is 0 Å². The molecule has 0 radical (unpaired) electrons. The van der Waals surface area contributed by atoms with Crippen molar-refractivity contribution in [2.24, 2.45) is 0 Å². The van der Waals surface area contributed by atoms with E-state index in [4.69, 9.17) is 14.7 Å². The smallest absolute Gasteiger partial charge is 0.134 e. The van der Waals surface area contributed by atoms with E-state index in [0.29, 0.717) is 11.8 Å². The van der Waals surface area contributed by atoms with Gasteiger partial charge in [-0.3, -0.25) is 0 Å². The van der Waals surface area contributed by atoms with Gasteiger partial charge in [0.05, 0.1) is 0 Å². The highest BCUT2D eigenvalue weighted by Crippen LogP contribution is 2.40. The Labute approximate surface area is 115 Å². The van der Waals surface area contributed by atoms with Crippen molar-refractivity contribution >= 4 is 5.82 Å². The molecule has 1 saturated heterocycles. The second-order valence-electron chi connectivity index (χ2n) is 5.62. The summed E-state index contributed by atoms with van der Waals surface area (Å²) >= 11 is 0. The second kappa shape index (κ2) is 5.87. The maximum atomic E-state index is 5.44. The van der Waals surface area contributed by atoms with Crippen molar-refractivity contribution in [3.63, 3.8) is 0 Å². The number of hydrogen-bond acceptors (Lipinski definition) is 4. The van der Waals surface area contributed by atoms with Crippen LogP contribution in [-0.2, 0) is 4.74 Å². The van der Waals surface area contributed by atoms with Crippen molar-refractivity contribution in [1.29, 1.82) is 0 Å². The highest BCUT2D eigenvalue weighted by atomic mass is 16.5. The topological polar surface area (TPSA) is 47.0 Å². The van der Waals surface area contributed by atoms with E-state index in [2.05, 4.69) is 18.3 Å². The van der Waals surface area contributed by atoms with E-state index < -0.39 is 0 Å². The Hall–Kier alpha value is -1.16. The SMILES string of the molecule is CCCNc1cc(C2CC2)nc(C2CCOCC2)n1. The minimum absolute atomic E-state index is 0.481. The van der Waals surface area contributed by atoms with Gasteiger partial charge in [-0.2, -0.15) is 0 Å². The highest BCUT2D eigenvalue weighted by molar-refractivity contribution is 5.38. The number of nitrogens with zero attached hydrogens (tertiary/aromatic N) is 2. The molecule has 1 aromatic rings. The Balaban J connectivity index is 1.81. The fourth-order valence-corrected chi connectivity index (χ4v) is 2.56. The number of nitrogens with one attached hydrogen (secondary N) is 1. The van der Waals surface area contributed by atoms with Crippen LogP contribution in [0.15, 0.2) is 6.07 Å². The second-order valence-corrected chi connectivity index (χ2v) is 5.62. The minimum atomic E-state index is 0.481. The zero-order valence-corrected chi connectivity index (χ0v) is 11.7. The molecule has 0 unspecified atom stereocenters. The molecule has 4 nitrogen and oxygen atoms in total. The lowest BCUT2D eigenvalue weighted by Gasteiger charge is -2.21. The summed E-state index contributed by atoms with van der Waals surface area (Å²) < 4.78 is 5.44. The summed E-state index contributed by atoms with van der Waals surface area (Å²) in [5, 5.41) is 3.41. The molecular formula is C15H23N3O. The van der Waals surface area contributed by atoms with E-state index in [1.807, 2.05) is 0 Å². The van der Waals surface area contributed by atoms with Gasteiger partial charge in [-0.25, -0.2) is 9.97 Å². The van der Waals surface area contributed by atoms with Gasteiger partial charge in [-0.05, 0) is 32.1 Å². The number of anilines is 1. The zero-order valence-electron chi connectivity index (χ0n) is 11.7. The Morgan fingerprint density at radius 3 is 2.63 bits per heavy atom. The largest absolute Gasteiger partial charge is 0.381 e. The summed E-state index contributed by atoms with van der Waals surface area (Å²) in [6, 6.07) is 2.15. The predicted octanol–water partition coefficient (Wildman–Crippen LogP) is 3.07. The van der Waals surface area contributed by atoms with Crippen LogP contribution < -0.4 is 5.32 Å². The van der Waals surface area contributed by atoms with Crippen molar-refractivity contribution in [3.8, 4) is 0 Å². The molecule has 19 heavy (non-hydrogen) atoms. The summed E-state index contributed by atoms with van der Waals surface area (Å²) in [4.78, 5) is 9.55. The highest BCUT2D eigenvalue weighted by Gasteiger charge is 2.28. The van der Waals surface area contributed by atoms with Gasteiger partial charge in [0.25, 0.3) is 0 Å².